The summed E-state index contributed by atoms with van der Waals surface area (Å²) in [4.78, 5) is 0. The molecule has 11 rings (SSSR count). The molecule has 0 saturated carbocycles. The largest absolute Gasteiger partial charge is 0.0757 e. The van der Waals surface area contributed by atoms with Gasteiger partial charge in [0.1, 0.15) is 0 Å². The molecule has 49 heavy (non-hydrogen) atoms. The molecule has 0 fully saturated rings. The Labute approximate surface area is 286 Å². The third kappa shape index (κ3) is 3.54. The fourth-order valence-electron chi connectivity index (χ4n) is 10.0. The van der Waals surface area contributed by atoms with Crippen molar-refractivity contribution in [3.63, 3.8) is 0 Å². The number of allylic oxidation sites excluding steroid dienone is 4. The number of fused-ring (bicyclic) bond motifs is 12. The van der Waals surface area contributed by atoms with E-state index in [0.717, 1.165) is 25.7 Å². The van der Waals surface area contributed by atoms with Crippen LogP contribution in [0.5, 0.6) is 0 Å². The van der Waals surface area contributed by atoms with Gasteiger partial charge in [0, 0.05) is 0 Å². The molecule has 7 aromatic carbocycles. The van der Waals surface area contributed by atoms with E-state index in [1.807, 2.05) is 0 Å². The van der Waals surface area contributed by atoms with E-state index in [2.05, 4.69) is 158 Å². The molecule has 0 saturated heterocycles. The van der Waals surface area contributed by atoms with Gasteiger partial charge in [-0.1, -0.05) is 158 Å². The van der Waals surface area contributed by atoms with Gasteiger partial charge in [0.2, 0.25) is 0 Å². The summed E-state index contributed by atoms with van der Waals surface area (Å²) in [5, 5.41) is 8.14. The molecule has 0 atom stereocenters. The molecule has 4 aliphatic carbocycles. The van der Waals surface area contributed by atoms with Crippen molar-refractivity contribution in [2.45, 2.75) is 31.1 Å². The average Bonchev–Trinajstić information content (AvgIpc) is 3.64. The Morgan fingerprint density at radius 1 is 0.408 bits per heavy atom. The summed E-state index contributed by atoms with van der Waals surface area (Å²) in [6, 6.07) is 52.5. The van der Waals surface area contributed by atoms with Crippen molar-refractivity contribution in [1.29, 1.82) is 0 Å². The average molecular weight is 623 g/mol. The van der Waals surface area contributed by atoms with Crippen LogP contribution in [-0.4, -0.2) is 0 Å². The lowest BCUT2D eigenvalue weighted by molar-refractivity contribution is 0.782. The highest BCUT2D eigenvalue weighted by Gasteiger charge is 2.52. The van der Waals surface area contributed by atoms with Crippen LogP contribution in [0.25, 0.3) is 67.1 Å². The summed E-state index contributed by atoms with van der Waals surface area (Å²) < 4.78 is 0. The Morgan fingerprint density at radius 2 is 0.918 bits per heavy atom. The van der Waals surface area contributed by atoms with Gasteiger partial charge in [-0.3, -0.25) is 0 Å². The van der Waals surface area contributed by atoms with E-state index in [1.54, 1.807) is 0 Å². The minimum Gasteiger partial charge on any atom is -0.0757 e. The third-order valence-corrected chi connectivity index (χ3v) is 11.8. The molecule has 0 heterocycles. The molecule has 7 aromatic rings. The summed E-state index contributed by atoms with van der Waals surface area (Å²) in [6.45, 7) is 0. The lowest BCUT2D eigenvalue weighted by Crippen LogP contribution is -2.33. The van der Waals surface area contributed by atoms with E-state index in [0.29, 0.717) is 0 Å². The highest BCUT2D eigenvalue weighted by atomic mass is 14.5. The van der Waals surface area contributed by atoms with Gasteiger partial charge >= 0.3 is 0 Å². The SMILES string of the molecule is C1=C(c2c3c(c(-c4cccc5ccccc45)c4ccccc24)=CCCC=3)CCC2=C1C1(c3ccccc32)c2ccccc2-c2ccccc21. The molecule has 230 valence electrons. The Morgan fingerprint density at radius 3 is 1.63 bits per heavy atom. The van der Waals surface area contributed by atoms with Crippen LogP contribution < -0.4 is 10.4 Å². The maximum Gasteiger partial charge on any atom is 0.0722 e. The lowest BCUT2D eigenvalue weighted by Gasteiger charge is -2.33. The smallest absolute Gasteiger partial charge is 0.0722 e. The zero-order chi connectivity index (χ0) is 32.1. The fraction of sp³-hybridized carbons (Fsp3) is 0.102. The maximum absolute atomic E-state index is 2.64. The highest BCUT2D eigenvalue weighted by Crippen LogP contribution is 2.64. The summed E-state index contributed by atoms with van der Waals surface area (Å²) in [5.74, 6) is 0. The molecule has 0 heteroatoms. The third-order valence-electron chi connectivity index (χ3n) is 11.8. The molecule has 0 unspecified atom stereocenters. The van der Waals surface area contributed by atoms with Crippen LogP contribution in [0.2, 0.25) is 0 Å². The van der Waals surface area contributed by atoms with E-state index >= 15 is 0 Å². The second kappa shape index (κ2) is 10.1. The molecule has 0 aliphatic heterocycles. The summed E-state index contributed by atoms with van der Waals surface area (Å²) in [7, 11) is 0. The van der Waals surface area contributed by atoms with Crippen molar-refractivity contribution < 1.29 is 0 Å². The van der Waals surface area contributed by atoms with Gasteiger partial charge in [-0.25, -0.2) is 0 Å². The number of hydrogen-bond donors (Lipinski definition) is 0. The second-order valence-electron chi connectivity index (χ2n) is 14.1. The van der Waals surface area contributed by atoms with Gasteiger partial charge < -0.3 is 0 Å². The van der Waals surface area contributed by atoms with E-state index in [4.69, 9.17) is 0 Å². The van der Waals surface area contributed by atoms with E-state index in [-0.39, 0.29) is 5.41 Å². The highest BCUT2D eigenvalue weighted by molar-refractivity contribution is 6.10. The van der Waals surface area contributed by atoms with Crippen LogP contribution in [0.3, 0.4) is 0 Å². The van der Waals surface area contributed by atoms with Crippen molar-refractivity contribution in [3.8, 4) is 22.3 Å². The Hall–Kier alpha value is -5.72. The molecular formula is C49H34. The van der Waals surface area contributed by atoms with Gasteiger partial charge in [-0.15, -0.1) is 0 Å². The van der Waals surface area contributed by atoms with Crippen LogP contribution in [0.1, 0.15) is 53.5 Å². The van der Waals surface area contributed by atoms with Gasteiger partial charge in [0.25, 0.3) is 0 Å². The topological polar surface area (TPSA) is 0 Å². The summed E-state index contributed by atoms with van der Waals surface area (Å²) in [6.07, 6.45) is 11.9. The Balaban J connectivity index is 1.23. The molecule has 0 aromatic heterocycles. The first kappa shape index (κ1) is 27.3. The van der Waals surface area contributed by atoms with Crippen LogP contribution in [0, 0.1) is 0 Å². The molecule has 0 amide bonds. The van der Waals surface area contributed by atoms with Crippen LogP contribution >= 0.6 is 0 Å². The van der Waals surface area contributed by atoms with Crippen LogP contribution in [-0.2, 0) is 5.41 Å². The zero-order valence-electron chi connectivity index (χ0n) is 27.3. The number of hydrogen-bond acceptors (Lipinski definition) is 0. The van der Waals surface area contributed by atoms with Crippen molar-refractivity contribution in [3.05, 3.63) is 189 Å². The number of rotatable bonds is 2. The quantitative estimate of drug-likeness (QED) is 0.180. The van der Waals surface area contributed by atoms with Crippen molar-refractivity contribution in [2.24, 2.45) is 0 Å². The molecule has 0 radical (unpaired) electrons. The lowest BCUT2D eigenvalue weighted by atomic mass is 9.68. The standard InChI is InChI=1S/C49H34/c1-2-16-33-31(14-1)15-13-24-38(33)48-41-22-5-3-20-39(41)47(40-21-4-6-23-42(40)48)32-28-29-37-36-19-9-12-27-45(36)49(46(37)30-32)43-25-10-7-17-34(43)35-18-8-11-26-44(35)49/h1-3,5,7-27,30H,4,6,28-29H2. The fourth-order valence-corrected chi connectivity index (χ4v) is 10.0. The molecule has 0 N–H and O–H groups in total. The summed E-state index contributed by atoms with van der Waals surface area (Å²) in [5.41, 5.74) is 16.7. The van der Waals surface area contributed by atoms with Crippen molar-refractivity contribution in [1.82, 2.24) is 0 Å². The minimum absolute atomic E-state index is 0.306. The normalized spacial score (nSPS) is 16.4. The van der Waals surface area contributed by atoms with Gasteiger partial charge in [-0.05, 0) is 124 Å². The van der Waals surface area contributed by atoms with Gasteiger partial charge in [-0.2, -0.15) is 0 Å². The first-order valence-electron chi connectivity index (χ1n) is 17.8. The molecule has 0 bridgehead atoms. The van der Waals surface area contributed by atoms with E-state index < -0.39 is 0 Å². The van der Waals surface area contributed by atoms with Crippen molar-refractivity contribution >= 4 is 44.8 Å². The zero-order valence-corrected chi connectivity index (χ0v) is 27.3. The minimum atomic E-state index is -0.306. The first-order chi connectivity index (χ1) is 24.3. The summed E-state index contributed by atoms with van der Waals surface area (Å²) >= 11 is 0. The van der Waals surface area contributed by atoms with E-state index in [1.165, 1.54) is 98.8 Å². The predicted molar refractivity (Wildman–Crippen MR) is 207 cm³/mol. The second-order valence-corrected chi connectivity index (χ2v) is 14.1. The van der Waals surface area contributed by atoms with E-state index in [9.17, 15) is 0 Å². The molecular weight excluding hydrogens is 589 g/mol. The molecule has 1 spiro atoms. The van der Waals surface area contributed by atoms with Gasteiger partial charge in [0.05, 0.1) is 5.41 Å². The van der Waals surface area contributed by atoms with Crippen molar-refractivity contribution in [2.75, 3.05) is 0 Å². The number of benzene rings is 7. The maximum atomic E-state index is 2.64. The Bertz CT molecular complexity index is 2720. The molecule has 4 aliphatic rings. The first-order valence-corrected chi connectivity index (χ1v) is 17.8. The van der Waals surface area contributed by atoms with Crippen LogP contribution in [0.15, 0.2) is 151 Å². The predicted octanol–water partition coefficient (Wildman–Crippen LogP) is 11.0. The van der Waals surface area contributed by atoms with Gasteiger partial charge in [0.15, 0.2) is 0 Å². The van der Waals surface area contributed by atoms with Crippen LogP contribution in [0.4, 0.5) is 0 Å². The Kier molecular flexibility index (Phi) is 5.64. The monoisotopic (exact) mass is 622 g/mol. The molecule has 0 nitrogen and oxygen atoms in total.